The molecule has 0 aromatic carbocycles. The number of rotatable bonds is 4. The zero-order valence-electron chi connectivity index (χ0n) is 15.3. The average molecular weight is 312 g/mol. The van der Waals surface area contributed by atoms with Gasteiger partial charge in [0.15, 0.2) is 0 Å². The molecule has 6 heteroatoms. The summed E-state index contributed by atoms with van der Waals surface area (Å²) in [6.07, 6.45) is 2.62. The van der Waals surface area contributed by atoms with Gasteiger partial charge in [-0.25, -0.2) is 10.3 Å². The second kappa shape index (κ2) is 6.63. The maximum Gasteiger partial charge on any atom is 0.410 e. The van der Waals surface area contributed by atoms with Gasteiger partial charge in [-0.3, -0.25) is 0 Å². The molecule has 1 N–H and O–H groups in total. The van der Waals surface area contributed by atoms with Crippen molar-refractivity contribution in [3.63, 3.8) is 0 Å². The molecule has 1 aliphatic rings. The van der Waals surface area contributed by atoms with Crippen molar-refractivity contribution in [2.75, 3.05) is 13.1 Å². The highest BCUT2D eigenvalue weighted by Crippen LogP contribution is 2.25. The first-order chi connectivity index (χ1) is 9.82. The van der Waals surface area contributed by atoms with Crippen LogP contribution >= 0.6 is 0 Å². The van der Waals surface area contributed by atoms with Crippen molar-refractivity contribution >= 4 is 13.6 Å². The highest BCUT2D eigenvalue weighted by Gasteiger charge is 2.33. The second-order valence-electron chi connectivity index (χ2n) is 8.20. The first-order valence-corrected chi connectivity index (χ1v) is 8.10. The minimum Gasteiger partial charge on any atom is -0.586 e. The third-order valence-corrected chi connectivity index (χ3v) is 4.44. The van der Waals surface area contributed by atoms with E-state index in [2.05, 4.69) is 6.08 Å². The van der Waals surface area contributed by atoms with Crippen molar-refractivity contribution in [1.82, 2.24) is 4.90 Å². The first-order valence-electron chi connectivity index (χ1n) is 8.10. The van der Waals surface area contributed by atoms with Crippen LogP contribution in [-0.2, 0) is 9.39 Å². The summed E-state index contributed by atoms with van der Waals surface area (Å²) < 4.78 is 11.4. The molecule has 0 fully saturated rings. The summed E-state index contributed by atoms with van der Waals surface area (Å²) in [7, 11) is -0.742. The Morgan fingerprint density at radius 2 is 1.82 bits per heavy atom. The molecule has 0 saturated heterocycles. The SMILES string of the molecule is CC(C)(C)OC(=O)N1CC=C([BH2-]OC(C)(C)C(C)(C)O)CC1. The van der Waals surface area contributed by atoms with Crippen LogP contribution in [-0.4, -0.2) is 53.5 Å². The Kier molecular flexibility index (Phi) is 5.74. The molecule has 128 valence electrons. The molecule has 1 amide bonds. The van der Waals surface area contributed by atoms with Crippen LogP contribution in [0, 0.1) is 0 Å². The molecule has 0 aliphatic carbocycles. The first kappa shape index (κ1) is 19.0. The Morgan fingerprint density at radius 3 is 2.23 bits per heavy atom. The third-order valence-electron chi connectivity index (χ3n) is 4.44. The summed E-state index contributed by atoms with van der Waals surface area (Å²) >= 11 is 0. The lowest BCUT2D eigenvalue weighted by atomic mass is 9.79. The van der Waals surface area contributed by atoms with Crippen LogP contribution in [0.25, 0.3) is 0 Å². The fourth-order valence-corrected chi connectivity index (χ4v) is 2.08. The van der Waals surface area contributed by atoms with E-state index >= 15 is 0 Å². The van der Waals surface area contributed by atoms with E-state index in [1.54, 1.807) is 18.7 Å². The normalized spacial score (nSPS) is 17.3. The molecular formula is C16H31BNO4-. The summed E-state index contributed by atoms with van der Waals surface area (Å²) in [6.45, 7) is 14.2. The number of carbonyl (C=O) groups is 1. The van der Waals surface area contributed by atoms with E-state index in [0.29, 0.717) is 13.1 Å². The van der Waals surface area contributed by atoms with Crippen LogP contribution in [0.3, 0.4) is 0 Å². The van der Waals surface area contributed by atoms with E-state index in [-0.39, 0.29) is 6.09 Å². The van der Waals surface area contributed by atoms with Gasteiger partial charge in [-0.1, -0.05) is 0 Å². The lowest BCUT2D eigenvalue weighted by molar-refractivity contribution is -0.0897. The molecular weight excluding hydrogens is 281 g/mol. The van der Waals surface area contributed by atoms with Gasteiger partial charge in [0.05, 0.1) is 5.60 Å². The molecule has 0 spiro atoms. The van der Waals surface area contributed by atoms with E-state index in [1.807, 2.05) is 34.6 Å². The summed E-state index contributed by atoms with van der Waals surface area (Å²) in [5, 5.41) is 10.1. The van der Waals surface area contributed by atoms with Crippen LogP contribution < -0.4 is 0 Å². The topological polar surface area (TPSA) is 59.0 Å². The van der Waals surface area contributed by atoms with Crippen molar-refractivity contribution in [3.05, 3.63) is 11.5 Å². The van der Waals surface area contributed by atoms with Gasteiger partial charge < -0.3 is 19.4 Å². The molecule has 1 heterocycles. The molecule has 5 nitrogen and oxygen atoms in total. The van der Waals surface area contributed by atoms with Gasteiger partial charge in [-0.15, -0.1) is 6.08 Å². The van der Waals surface area contributed by atoms with Gasteiger partial charge in [0, 0.05) is 18.7 Å². The van der Waals surface area contributed by atoms with Crippen LogP contribution in [0.2, 0.25) is 0 Å². The molecule has 22 heavy (non-hydrogen) atoms. The van der Waals surface area contributed by atoms with Crippen LogP contribution in [0.4, 0.5) is 4.79 Å². The van der Waals surface area contributed by atoms with Crippen molar-refractivity contribution in [2.24, 2.45) is 0 Å². The third kappa shape index (κ3) is 5.65. The van der Waals surface area contributed by atoms with Crippen molar-refractivity contribution in [3.8, 4) is 0 Å². The van der Waals surface area contributed by atoms with Crippen molar-refractivity contribution in [2.45, 2.75) is 71.7 Å². The summed E-state index contributed by atoms with van der Waals surface area (Å²) in [5.74, 6) is 0. The summed E-state index contributed by atoms with van der Waals surface area (Å²) in [4.78, 5) is 13.7. The molecule has 0 atom stereocenters. The monoisotopic (exact) mass is 312 g/mol. The van der Waals surface area contributed by atoms with Crippen molar-refractivity contribution in [1.29, 1.82) is 0 Å². The number of nitrogens with zero attached hydrogens (tertiary/aromatic N) is 1. The fraction of sp³-hybridized carbons (Fsp3) is 0.812. The number of hydrogen-bond donors (Lipinski definition) is 1. The quantitative estimate of drug-likeness (QED) is 0.808. The molecule has 0 bridgehead atoms. The van der Waals surface area contributed by atoms with Gasteiger partial charge in [0.1, 0.15) is 13.1 Å². The largest absolute Gasteiger partial charge is 0.586 e. The Balaban J connectivity index is 2.50. The van der Waals surface area contributed by atoms with E-state index in [0.717, 1.165) is 6.42 Å². The standard InChI is InChI=1S/C16H31BNO4/c1-14(2,3)21-13(19)18-10-8-12(9-11-18)17-22-16(6,7)15(4,5)20/h8,20H,9-11,17H2,1-7H3/q-1. The number of carbonyl (C=O) groups excluding carboxylic acids is 1. The van der Waals surface area contributed by atoms with Crippen molar-refractivity contribution < 1.29 is 19.3 Å². The van der Waals surface area contributed by atoms with E-state index in [9.17, 15) is 9.90 Å². The maximum atomic E-state index is 12.0. The lowest BCUT2D eigenvalue weighted by Crippen LogP contribution is -2.48. The number of aliphatic hydroxyl groups is 1. The predicted octanol–water partition coefficient (Wildman–Crippen LogP) is 2.16. The molecule has 0 aromatic heterocycles. The van der Waals surface area contributed by atoms with Gasteiger partial charge >= 0.3 is 6.09 Å². The molecule has 0 radical (unpaired) electrons. The highest BCUT2D eigenvalue weighted by molar-refractivity contribution is 6.38. The van der Waals surface area contributed by atoms with E-state index in [4.69, 9.17) is 9.39 Å². The molecule has 0 unspecified atom stereocenters. The molecule has 1 aliphatic heterocycles. The van der Waals surface area contributed by atoms with Gasteiger partial charge in [-0.2, -0.15) is 0 Å². The lowest BCUT2D eigenvalue weighted by Gasteiger charge is -2.43. The summed E-state index contributed by atoms with van der Waals surface area (Å²) in [5.41, 5.74) is -0.642. The molecule has 0 saturated carbocycles. The van der Waals surface area contributed by atoms with E-state index < -0.39 is 24.3 Å². The minimum atomic E-state index is -0.881. The molecule has 1 rings (SSSR count). The van der Waals surface area contributed by atoms with Gasteiger partial charge in [-0.05, 0) is 54.9 Å². The number of amides is 1. The predicted molar refractivity (Wildman–Crippen MR) is 90.5 cm³/mol. The van der Waals surface area contributed by atoms with Crippen LogP contribution in [0.1, 0.15) is 54.9 Å². The number of ether oxygens (including phenoxy) is 1. The average Bonchev–Trinajstić information content (AvgIpc) is 2.33. The number of hydrogen-bond acceptors (Lipinski definition) is 4. The van der Waals surface area contributed by atoms with Gasteiger partial charge in [0.25, 0.3) is 0 Å². The zero-order chi connectivity index (χ0) is 17.2. The Labute approximate surface area is 134 Å². The Hall–Kier alpha value is -1.01. The smallest absolute Gasteiger partial charge is 0.410 e. The van der Waals surface area contributed by atoms with Gasteiger partial charge in [0.2, 0.25) is 0 Å². The minimum absolute atomic E-state index is 0.263. The maximum absolute atomic E-state index is 12.0. The highest BCUT2D eigenvalue weighted by atomic mass is 16.6. The summed E-state index contributed by atoms with van der Waals surface area (Å²) in [6, 6.07) is 0. The fourth-order valence-electron chi connectivity index (χ4n) is 2.08. The van der Waals surface area contributed by atoms with Crippen LogP contribution in [0.15, 0.2) is 11.5 Å². The van der Waals surface area contributed by atoms with E-state index in [1.165, 1.54) is 5.47 Å². The zero-order valence-corrected chi connectivity index (χ0v) is 15.3. The Bertz CT molecular complexity index is 432. The van der Waals surface area contributed by atoms with Crippen LogP contribution in [0.5, 0.6) is 0 Å². The Morgan fingerprint density at radius 1 is 1.23 bits per heavy atom. The molecule has 0 aromatic rings. The second-order valence-corrected chi connectivity index (χ2v) is 8.20.